The van der Waals surface area contributed by atoms with Crippen LogP contribution in [-0.4, -0.2) is 19.2 Å². The first-order valence-electron chi connectivity index (χ1n) is 8.70. The summed E-state index contributed by atoms with van der Waals surface area (Å²) in [5.74, 6) is 0.724. The number of hydrazone groups is 1. The fourth-order valence-electron chi connectivity index (χ4n) is 2.56. The van der Waals surface area contributed by atoms with Crippen LogP contribution in [0, 0.1) is 0 Å². The number of amides is 1. The second-order valence-electron chi connectivity index (χ2n) is 6.00. The van der Waals surface area contributed by atoms with Gasteiger partial charge in [-0.25, -0.2) is 5.43 Å². The van der Waals surface area contributed by atoms with Crippen LogP contribution < -0.4 is 14.9 Å². The molecule has 0 aliphatic rings. The first-order valence-corrected chi connectivity index (χ1v) is 9.45. The summed E-state index contributed by atoms with van der Waals surface area (Å²) < 4.78 is 11.3. The second kappa shape index (κ2) is 9.96. The number of methoxy groups -OCH3 is 1. The Morgan fingerprint density at radius 3 is 2.52 bits per heavy atom. The number of carbonyl (C=O) groups excluding carboxylic acids is 1. The van der Waals surface area contributed by atoms with Crippen molar-refractivity contribution in [1.82, 2.24) is 5.43 Å². The van der Waals surface area contributed by atoms with E-state index >= 15 is 0 Å². The maximum absolute atomic E-state index is 12.2. The van der Waals surface area contributed by atoms with E-state index < -0.39 is 0 Å². The molecule has 0 heterocycles. The molecule has 5 nitrogen and oxygen atoms in total. The van der Waals surface area contributed by atoms with Gasteiger partial charge < -0.3 is 9.47 Å². The van der Waals surface area contributed by atoms with Gasteiger partial charge in [-0.3, -0.25) is 4.79 Å². The third kappa shape index (κ3) is 5.73. The van der Waals surface area contributed by atoms with Crippen molar-refractivity contribution in [2.24, 2.45) is 5.10 Å². The highest BCUT2D eigenvalue weighted by atomic mass is 35.5. The zero-order valence-electron chi connectivity index (χ0n) is 15.6. The Morgan fingerprint density at radius 2 is 1.79 bits per heavy atom. The Hall–Kier alpha value is -3.02. The lowest BCUT2D eigenvalue weighted by atomic mass is 10.2. The number of para-hydroxylation sites is 1. The zero-order valence-corrected chi connectivity index (χ0v) is 17.1. The number of benzene rings is 3. The molecule has 7 heteroatoms. The average molecular weight is 429 g/mol. The van der Waals surface area contributed by atoms with Gasteiger partial charge in [0, 0.05) is 21.2 Å². The maximum Gasteiger partial charge on any atom is 0.271 e. The maximum atomic E-state index is 12.2. The Morgan fingerprint density at radius 1 is 1.03 bits per heavy atom. The molecule has 0 unspecified atom stereocenters. The van der Waals surface area contributed by atoms with Gasteiger partial charge in [0.15, 0.2) is 11.5 Å². The normalized spacial score (nSPS) is 10.7. The smallest absolute Gasteiger partial charge is 0.271 e. The Bertz CT molecular complexity index is 1020. The topological polar surface area (TPSA) is 59.9 Å². The molecule has 0 aliphatic heterocycles. The molecule has 0 atom stereocenters. The number of halogens is 2. The van der Waals surface area contributed by atoms with Gasteiger partial charge in [-0.15, -0.1) is 0 Å². The molecular formula is C22H18Cl2N2O3. The van der Waals surface area contributed by atoms with E-state index in [9.17, 15) is 4.79 Å². The predicted molar refractivity (Wildman–Crippen MR) is 115 cm³/mol. The number of nitrogens with zero attached hydrogens (tertiary/aromatic N) is 1. The summed E-state index contributed by atoms with van der Waals surface area (Å²) >= 11 is 11.9. The summed E-state index contributed by atoms with van der Waals surface area (Å²) in [6, 6.07) is 19.4. The molecule has 0 aromatic heterocycles. The van der Waals surface area contributed by atoms with Gasteiger partial charge in [-0.1, -0.05) is 41.4 Å². The minimum Gasteiger partial charge on any atom is -0.493 e. The molecular weight excluding hydrogens is 411 g/mol. The molecule has 0 saturated heterocycles. The number of carbonyl (C=O) groups is 1. The molecule has 0 radical (unpaired) electrons. The van der Waals surface area contributed by atoms with Crippen LogP contribution in [-0.2, 0) is 6.61 Å². The summed E-state index contributed by atoms with van der Waals surface area (Å²) in [5.41, 5.74) is 4.51. The number of hydrogen-bond acceptors (Lipinski definition) is 4. The standard InChI is InChI=1S/C22H18Cl2N2O3/c1-28-20-7-3-5-17(21(20)29-14-15-4-2-6-19(24)12-15)13-25-26-22(27)16-8-10-18(23)11-9-16/h2-13H,14H2,1H3,(H,26,27)/b25-13+. The van der Waals surface area contributed by atoms with Crippen LogP contribution in [0.25, 0.3) is 0 Å². The van der Waals surface area contributed by atoms with Crippen molar-refractivity contribution < 1.29 is 14.3 Å². The highest BCUT2D eigenvalue weighted by molar-refractivity contribution is 6.30. The summed E-state index contributed by atoms with van der Waals surface area (Å²) in [6.07, 6.45) is 1.50. The molecule has 29 heavy (non-hydrogen) atoms. The van der Waals surface area contributed by atoms with E-state index in [1.54, 1.807) is 43.5 Å². The molecule has 3 aromatic rings. The minimum absolute atomic E-state index is 0.304. The molecule has 0 spiro atoms. The van der Waals surface area contributed by atoms with E-state index in [0.29, 0.717) is 39.3 Å². The van der Waals surface area contributed by atoms with Crippen LogP contribution in [0.4, 0.5) is 0 Å². The first kappa shape index (κ1) is 20.7. The van der Waals surface area contributed by atoms with Gasteiger partial charge in [-0.05, 0) is 54.1 Å². The van der Waals surface area contributed by atoms with Crippen LogP contribution in [0.5, 0.6) is 11.5 Å². The summed E-state index contributed by atoms with van der Waals surface area (Å²) in [6.45, 7) is 0.304. The third-order valence-corrected chi connectivity index (χ3v) is 4.46. The van der Waals surface area contributed by atoms with Crippen molar-refractivity contribution in [2.75, 3.05) is 7.11 Å². The minimum atomic E-state index is -0.345. The lowest BCUT2D eigenvalue weighted by molar-refractivity contribution is 0.0955. The fourth-order valence-corrected chi connectivity index (χ4v) is 2.90. The van der Waals surface area contributed by atoms with E-state index in [0.717, 1.165) is 5.56 Å². The third-order valence-electron chi connectivity index (χ3n) is 3.98. The van der Waals surface area contributed by atoms with Gasteiger partial charge in [0.1, 0.15) is 6.61 Å². The van der Waals surface area contributed by atoms with Gasteiger partial charge in [0.2, 0.25) is 0 Å². The van der Waals surface area contributed by atoms with Crippen molar-refractivity contribution in [3.63, 3.8) is 0 Å². The van der Waals surface area contributed by atoms with Crippen molar-refractivity contribution in [2.45, 2.75) is 6.61 Å². The molecule has 148 valence electrons. The fraction of sp³-hybridized carbons (Fsp3) is 0.0909. The number of rotatable bonds is 7. The monoisotopic (exact) mass is 428 g/mol. The lowest BCUT2D eigenvalue weighted by Gasteiger charge is -2.13. The van der Waals surface area contributed by atoms with Gasteiger partial charge >= 0.3 is 0 Å². The number of hydrogen-bond donors (Lipinski definition) is 1. The molecule has 1 amide bonds. The van der Waals surface area contributed by atoms with Gasteiger partial charge in [0.05, 0.1) is 13.3 Å². The van der Waals surface area contributed by atoms with E-state index in [2.05, 4.69) is 10.5 Å². The van der Waals surface area contributed by atoms with Crippen LogP contribution in [0.2, 0.25) is 10.0 Å². The average Bonchev–Trinajstić information content (AvgIpc) is 2.73. The number of nitrogens with one attached hydrogen (secondary N) is 1. The highest BCUT2D eigenvalue weighted by Crippen LogP contribution is 2.31. The number of ether oxygens (including phenoxy) is 2. The summed E-state index contributed by atoms with van der Waals surface area (Å²) in [4.78, 5) is 12.2. The van der Waals surface area contributed by atoms with Gasteiger partial charge in [-0.2, -0.15) is 5.10 Å². The zero-order chi connectivity index (χ0) is 20.6. The van der Waals surface area contributed by atoms with Gasteiger partial charge in [0.25, 0.3) is 5.91 Å². The summed E-state index contributed by atoms with van der Waals surface area (Å²) in [5, 5.41) is 5.23. The van der Waals surface area contributed by atoms with Crippen molar-refractivity contribution >= 4 is 35.3 Å². The Balaban J connectivity index is 1.73. The van der Waals surface area contributed by atoms with E-state index in [1.807, 2.05) is 30.3 Å². The SMILES string of the molecule is COc1cccc(/C=N/NC(=O)c2ccc(Cl)cc2)c1OCc1cccc(Cl)c1. The predicted octanol–water partition coefficient (Wildman–Crippen LogP) is 5.34. The van der Waals surface area contributed by atoms with Crippen molar-refractivity contribution in [1.29, 1.82) is 0 Å². The van der Waals surface area contributed by atoms with Crippen LogP contribution in [0.15, 0.2) is 71.8 Å². The van der Waals surface area contributed by atoms with Crippen LogP contribution in [0.3, 0.4) is 0 Å². The molecule has 3 rings (SSSR count). The molecule has 0 fully saturated rings. The second-order valence-corrected chi connectivity index (χ2v) is 6.88. The quantitative estimate of drug-likeness (QED) is 0.407. The van der Waals surface area contributed by atoms with Crippen LogP contribution >= 0.6 is 23.2 Å². The molecule has 0 aliphatic carbocycles. The van der Waals surface area contributed by atoms with E-state index in [4.69, 9.17) is 32.7 Å². The van der Waals surface area contributed by atoms with E-state index in [1.165, 1.54) is 6.21 Å². The molecule has 0 bridgehead atoms. The molecule has 3 aromatic carbocycles. The Labute approximate surface area is 178 Å². The molecule has 0 saturated carbocycles. The van der Waals surface area contributed by atoms with E-state index in [-0.39, 0.29) is 5.91 Å². The van der Waals surface area contributed by atoms with Crippen LogP contribution in [0.1, 0.15) is 21.5 Å². The lowest BCUT2D eigenvalue weighted by Crippen LogP contribution is -2.17. The molecule has 1 N–H and O–H groups in total. The highest BCUT2D eigenvalue weighted by Gasteiger charge is 2.10. The first-order chi connectivity index (χ1) is 14.1. The Kier molecular flexibility index (Phi) is 7.11. The summed E-state index contributed by atoms with van der Waals surface area (Å²) in [7, 11) is 1.56. The van der Waals surface area contributed by atoms with Crippen molar-refractivity contribution in [3.8, 4) is 11.5 Å². The largest absolute Gasteiger partial charge is 0.493 e. The van der Waals surface area contributed by atoms with Crippen molar-refractivity contribution in [3.05, 3.63) is 93.5 Å².